The summed E-state index contributed by atoms with van der Waals surface area (Å²) in [6.45, 7) is 25.0. The van der Waals surface area contributed by atoms with E-state index in [-0.39, 0.29) is 21.7 Å². The van der Waals surface area contributed by atoms with Crippen molar-refractivity contribution >= 4 is 0 Å². The van der Waals surface area contributed by atoms with E-state index >= 15 is 0 Å². The van der Waals surface area contributed by atoms with Crippen molar-refractivity contribution in [2.75, 3.05) is 0 Å². The average molecular weight is 525 g/mol. The molecule has 0 aliphatic heterocycles. The second-order valence-corrected chi connectivity index (χ2v) is 10.1. The van der Waals surface area contributed by atoms with Crippen LogP contribution in [0.5, 0.6) is 0 Å². The fraction of sp³-hybridized carbons (Fsp3) is 0.333. The summed E-state index contributed by atoms with van der Waals surface area (Å²) in [4.78, 5) is 0. The van der Waals surface area contributed by atoms with E-state index in [9.17, 15) is 0 Å². The number of rotatable bonds is 0. The van der Waals surface area contributed by atoms with Gasteiger partial charge in [0.1, 0.15) is 0 Å². The molecule has 4 aromatic carbocycles. The monoisotopic (exact) mass is 524 g/mol. The van der Waals surface area contributed by atoms with E-state index in [1.165, 1.54) is 66.8 Å². The van der Waals surface area contributed by atoms with Crippen LogP contribution in [-0.2, 0) is 21.7 Å². The smallest absolute Gasteiger partial charge is 0.177 e. The van der Waals surface area contributed by atoms with Crippen LogP contribution in [0.15, 0.2) is 48.5 Å². The van der Waals surface area contributed by atoms with Gasteiger partial charge in [0.15, 0.2) is 0 Å². The van der Waals surface area contributed by atoms with E-state index in [0.717, 1.165) is 0 Å². The summed E-state index contributed by atoms with van der Waals surface area (Å²) in [5, 5.41) is 0. The van der Waals surface area contributed by atoms with Crippen molar-refractivity contribution in [1.82, 2.24) is 0 Å². The third-order valence-corrected chi connectivity index (χ3v) is 5.13. The second-order valence-electron chi connectivity index (χ2n) is 10.1. The molecule has 0 spiro atoms. The molecule has 0 amide bonds. The van der Waals surface area contributed by atoms with Crippen molar-refractivity contribution in [3.8, 4) is 0 Å². The van der Waals surface area contributed by atoms with Gasteiger partial charge in [0.2, 0.25) is 0 Å². The standard InChI is InChI=1S/4C9H11.Ti/c4*1-7-4-8(2)6-9(3)5-7;/h4*4-5H,1-3H3;/q4*-1;+4. The zero-order valence-corrected chi connectivity index (χ0v) is 26.7. The first-order chi connectivity index (χ1) is 16.7. The summed E-state index contributed by atoms with van der Waals surface area (Å²) >= 11 is 0. The summed E-state index contributed by atoms with van der Waals surface area (Å²) in [5.41, 5.74) is 15.1. The van der Waals surface area contributed by atoms with Crippen LogP contribution in [0.2, 0.25) is 0 Å². The maximum Gasteiger partial charge on any atom is 4.00 e. The van der Waals surface area contributed by atoms with Crippen LogP contribution in [0, 0.1) is 107 Å². The van der Waals surface area contributed by atoms with E-state index in [0.29, 0.717) is 0 Å². The number of aryl methyl sites for hydroxylation is 12. The van der Waals surface area contributed by atoms with Crippen molar-refractivity contribution in [3.63, 3.8) is 0 Å². The van der Waals surface area contributed by atoms with E-state index < -0.39 is 0 Å². The van der Waals surface area contributed by atoms with Gasteiger partial charge in [0.05, 0.1) is 0 Å². The van der Waals surface area contributed by atoms with Crippen LogP contribution in [0.3, 0.4) is 0 Å². The van der Waals surface area contributed by atoms with Crippen molar-refractivity contribution in [2.24, 2.45) is 0 Å². The molecule has 0 saturated heterocycles. The molecule has 0 aliphatic rings. The minimum atomic E-state index is 0. The molecule has 0 fully saturated rings. The predicted molar refractivity (Wildman–Crippen MR) is 158 cm³/mol. The van der Waals surface area contributed by atoms with Gasteiger partial charge >= 0.3 is 21.7 Å². The van der Waals surface area contributed by atoms with E-state index in [1.54, 1.807) is 0 Å². The summed E-state index contributed by atoms with van der Waals surface area (Å²) in [6.07, 6.45) is 0. The molecule has 192 valence electrons. The van der Waals surface area contributed by atoms with Gasteiger partial charge < -0.3 is 0 Å². The fourth-order valence-electron chi connectivity index (χ4n) is 4.43. The van der Waals surface area contributed by atoms with Crippen molar-refractivity contribution in [3.05, 3.63) is 140 Å². The van der Waals surface area contributed by atoms with Gasteiger partial charge in [-0.15, -0.1) is 0 Å². The molecular weight excluding hydrogens is 480 g/mol. The summed E-state index contributed by atoms with van der Waals surface area (Å²) in [5.74, 6) is 0. The summed E-state index contributed by atoms with van der Waals surface area (Å²) in [7, 11) is 0. The zero-order chi connectivity index (χ0) is 27.4. The third kappa shape index (κ3) is 16.1. The minimum absolute atomic E-state index is 0. The molecule has 0 unspecified atom stereocenters. The van der Waals surface area contributed by atoms with Crippen LogP contribution >= 0.6 is 0 Å². The molecule has 37 heavy (non-hydrogen) atoms. The molecule has 0 aliphatic carbocycles. The third-order valence-electron chi connectivity index (χ3n) is 5.13. The SMILES string of the molecule is Cc1[c-]c(C)cc(C)c1.Cc1[c-]c(C)cc(C)c1.Cc1[c-]c(C)cc(C)c1.Cc1[c-]c(C)cc(C)c1.[Ti+4]. The molecule has 0 saturated carbocycles. The molecule has 0 bridgehead atoms. The maximum absolute atomic E-state index is 3.21. The zero-order valence-electron chi connectivity index (χ0n) is 25.1. The molecule has 0 atom stereocenters. The van der Waals surface area contributed by atoms with Crippen LogP contribution in [-0.4, -0.2) is 0 Å². The van der Waals surface area contributed by atoms with Crippen molar-refractivity contribution in [1.29, 1.82) is 0 Å². The van der Waals surface area contributed by atoms with Crippen LogP contribution in [0.25, 0.3) is 0 Å². The molecule has 0 nitrogen and oxygen atoms in total. The Labute approximate surface area is 243 Å². The quantitative estimate of drug-likeness (QED) is 0.159. The molecule has 1 heteroatoms. The normalized spacial score (nSPS) is 9.41. The molecule has 0 radical (unpaired) electrons. The number of hydrogen-bond acceptors (Lipinski definition) is 0. The van der Waals surface area contributed by atoms with Crippen molar-refractivity contribution < 1.29 is 21.7 Å². The van der Waals surface area contributed by atoms with E-state index in [1.807, 2.05) is 0 Å². The average Bonchev–Trinajstić information content (AvgIpc) is 2.64. The Bertz CT molecular complexity index is 848. The molecule has 4 rings (SSSR count). The second kappa shape index (κ2) is 17.2. The maximum atomic E-state index is 3.21. The number of hydrogen-bond donors (Lipinski definition) is 0. The Morgan fingerprint density at radius 2 is 0.378 bits per heavy atom. The summed E-state index contributed by atoms with van der Waals surface area (Å²) in [6, 6.07) is 29.9. The first kappa shape index (κ1) is 34.6. The first-order valence-electron chi connectivity index (χ1n) is 12.6. The summed E-state index contributed by atoms with van der Waals surface area (Å²) < 4.78 is 0. The molecular formula is C36H44Ti. The Kier molecular flexibility index (Phi) is 16.1. The van der Waals surface area contributed by atoms with Gasteiger partial charge in [0, 0.05) is 0 Å². The molecule has 4 aromatic rings. The van der Waals surface area contributed by atoms with Gasteiger partial charge in [-0.1, -0.05) is 83.1 Å². The van der Waals surface area contributed by atoms with Gasteiger partial charge in [-0.2, -0.15) is 140 Å². The van der Waals surface area contributed by atoms with Crippen LogP contribution < -0.4 is 0 Å². The van der Waals surface area contributed by atoms with E-state index in [2.05, 4.69) is 156 Å². The van der Waals surface area contributed by atoms with Gasteiger partial charge in [-0.05, 0) is 0 Å². The predicted octanol–water partition coefficient (Wildman–Crippen LogP) is 9.65. The van der Waals surface area contributed by atoms with E-state index in [4.69, 9.17) is 0 Å². The Morgan fingerprint density at radius 1 is 0.270 bits per heavy atom. The first-order valence-corrected chi connectivity index (χ1v) is 12.6. The molecule has 0 aromatic heterocycles. The van der Waals surface area contributed by atoms with Crippen LogP contribution in [0.4, 0.5) is 0 Å². The Hall–Kier alpha value is -2.41. The van der Waals surface area contributed by atoms with Gasteiger partial charge in [-0.3, -0.25) is 0 Å². The van der Waals surface area contributed by atoms with Crippen LogP contribution in [0.1, 0.15) is 66.8 Å². The minimum Gasteiger partial charge on any atom is -0.177 e. The molecule has 0 N–H and O–H groups in total. The van der Waals surface area contributed by atoms with Gasteiger partial charge in [0.25, 0.3) is 0 Å². The fourth-order valence-corrected chi connectivity index (χ4v) is 4.43. The van der Waals surface area contributed by atoms with Crippen molar-refractivity contribution in [2.45, 2.75) is 83.1 Å². The topological polar surface area (TPSA) is 0 Å². The Morgan fingerprint density at radius 3 is 0.459 bits per heavy atom. The molecule has 0 heterocycles. The number of benzene rings is 4. The van der Waals surface area contributed by atoms with Gasteiger partial charge in [-0.25, -0.2) is 0 Å². The largest absolute Gasteiger partial charge is 4.00 e. The Balaban J connectivity index is 0.000000463.